The van der Waals surface area contributed by atoms with Gasteiger partial charge in [0.1, 0.15) is 5.15 Å². The summed E-state index contributed by atoms with van der Waals surface area (Å²) in [6.45, 7) is 6.62. The van der Waals surface area contributed by atoms with Crippen LogP contribution in [0.15, 0.2) is 18.2 Å². The van der Waals surface area contributed by atoms with Crippen LogP contribution in [0.3, 0.4) is 0 Å². The maximum Gasteiger partial charge on any atom is 0.163 e. The maximum absolute atomic E-state index is 11.8. The largest absolute Gasteiger partial charge is 0.331 e. The number of aryl methyl sites for hydroxylation is 2. The summed E-state index contributed by atoms with van der Waals surface area (Å²) in [5, 5.41) is 1.56. The maximum atomic E-state index is 11.8. The number of halogens is 1. The van der Waals surface area contributed by atoms with Gasteiger partial charge in [-0.2, -0.15) is 0 Å². The van der Waals surface area contributed by atoms with Crippen molar-refractivity contribution in [2.45, 2.75) is 40.2 Å². The zero-order valence-corrected chi connectivity index (χ0v) is 11.8. The summed E-state index contributed by atoms with van der Waals surface area (Å²) >= 11 is 6.38. The number of unbranched alkanes of at least 4 members (excludes halogenated alkanes) is 1. The van der Waals surface area contributed by atoms with E-state index in [-0.39, 0.29) is 5.78 Å². The summed E-state index contributed by atoms with van der Waals surface area (Å²) in [4.78, 5) is 11.8. The highest BCUT2D eigenvalue weighted by Crippen LogP contribution is 2.31. The van der Waals surface area contributed by atoms with Crippen LogP contribution in [0.4, 0.5) is 0 Å². The topological polar surface area (TPSA) is 22.0 Å². The molecule has 0 spiro atoms. The Morgan fingerprint density at radius 2 is 2.11 bits per heavy atom. The minimum Gasteiger partial charge on any atom is -0.331 e. The van der Waals surface area contributed by atoms with Gasteiger partial charge < -0.3 is 4.57 Å². The number of aromatic nitrogens is 1. The third-order valence-electron chi connectivity index (χ3n) is 3.24. The van der Waals surface area contributed by atoms with Gasteiger partial charge in [-0.3, -0.25) is 4.79 Å². The van der Waals surface area contributed by atoms with Crippen molar-refractivity contribution in [1.82, 2.24) is 4.57 Å². The van der Waals surface area contributed by atoms with Gasteiger partial charge in [0.15, 0.2) is 5.78 Å². The summed E-state index contributed by atoms with van der Waals surface area (Å²) in [6, 6.07) is 6.16. The molecule has 0 radical (unpaired) electrons. The Kier molecular flexibility index (Phi) is 3.76. The van der Waals surface area contributed by atoms with E-state index in [4.69, 9.17) is 11.6 Å². The van der Waals surface area contributed by atoms with Crippen LogP contribution < -0.4 is 0 Å². The van der Waals surface area contributed by atoms with Crippen molar-refractivity contribution in [3.05, 3.63) is 34.5 Å². The second-order valence-corrected chi connectivity index (χ2v) is 5.11. The van der Waals surface area contributed by atoms with Crippen molar-refractivity contribution in [3.63, 3.8) is 0 Å². The van der Waals surface area contributed by atoms with E-state index in [2.05, 4.69) is 23.6 Å². The highest BCUT2D eigenvalue weighted by molar-refractivity contribution is 6.35. The zero-order chi connectivity index (χ0) is 13.3. The van der Waals surface area contributed by atoms with E-state index < -0.39 is 0 Å². The molecule has 0 saturated heterocycles. The molecule has 2 aromatic rings. The van der Waals surface area contributed by atoms with Gasteiger partial charge in [-0.05, 0) is 32.4 Å². The lowest BCUT2D eigenvalue weighted by atomic mass is 10.1. The van der Waals surface area contributed by atoms with E-state index in [1.54, 1.807) is 6.92 Å². The number of carbonyl (C=O) groups is 1. The number of Topliss-reactive ketones (excluding diaryl/α,β-unsaturated/α-hetero) is 1. The molecule has 1 aromatic heterocycles. The number of benzene rings is 1. The van der Waals surface area contributed by atoms with Gasteiger partial charge in [-0.25, -0.2) is 0 Å². The van der Waals surface area contributed by atoms with Gasteiger partial charge in [0.05, 0.1) is 5.56 Å². The molecular weight excluding hydrogens is 246 g/mol. The third kappa shape index (κ3) is 2.17. The lowest BCUT2D eigenvalue weighted by Crippen LogP contribution is -1.98. The molecule has 2 nitrogen and oxygen atoms in total. The van der Waals surface area contributed by atoms with Crippen molar-refractivity contribution < 1.29 is 4.79 Å². The highest BCUT2D eigenvalue weighted by Gasteiger charge is 2.18. The quantitative estimate of drug-likeness (QED) is 0.739. The van der Waals surface area contributed by atoms with E-state index in [1.165, 1.54) is 0 Å². The molecule has 1 heterocycles. The van der Waals surface area contributed by atoms with Gasteiger partial charge in [0, 0.05) is 17.4 Å². The first kappa shape index (κ1) is 13.2. The lowest BCUT2D eigenvalue weighted by molar-refractivity contribution is 0.101. The molecule has 0 atom stereocenters. The Bertz CT molecular complexity index is 598. The summed E-state index contributed by atoms with van der Waals surface area (Å²) in [5.41, 5.74) is 2.87. The summed E-state index contributed by atoms with van der Waals surface area (Å²) < 4.78 is 2.05. The van der Waals surface area contributed by atoms with Crippen LogP contribution in [-0.4, -0.2) is 10.4 Å². The fourth-order valence-corrected chi connectivity index (χ4v) is 2.72. The van der Waals surface area contributed by atoms with E-state index in [9.17, 15) is 4.79 Å². The van der Waals surface area contributed by atoms with Crippen LogP contribution in [0, 0.1) is 6.92 Å². The molecule has 0 aliphatic heterocycles. The predicted octanol–water partition coefficient (Wildman–Crippen LogP) is 4.61. The van der Waals surface area contributed by atoms with Crippen molar-refractivity contribution >= 4 is 28.3 Å². The number of hydrogen-bond acceptors (Lipinski definition) is 1. The second kappa shape index (κ2) is 5.15. The number of nitrogens with zero attached hydrogens (tertiary/aromatic N) is 1. The van der Waals surface area contributed by atoms with Crippen molar-refractivity contribution in [3.8, 4) is 0 Å². The fraction of sp³-hybridized carbons (Fsp3) is 0.400. The SMILES string of the molecule is CCCCn1c(Cl)c(C(C)=O)c2cc(C)ccc21. The Morgan fingerprint density at radius 1 is 1.39 bits per heavy atom. The van der Waals surface area contributed by atoms with Crippen LogP contribution in [0.2, 0.25) is 5.15 Å². The molecule has 0 aliphatic rings. The Hall–Kier alpha value is -1.28. The van der Waals surface area contributed by atoms with E-state index in [0.29, 0.717) is 10.7 Å². The third-order valence-corrected chi connectivity index (χ3v) is 3.64. The number of rotatable bonds is 4. The molecule has 3 heteroatoms. The van der Waals surface area contributed by atoms with Gasteiger partial charge in [0.25, 0.3) is 0 Å². The number of ketones is 1. The summed E-state index contributed by atoms with van der Waals surface area (Å²) in [7, 11) is 0. The summed E-state index contributed by atoms with van der Waals surface area (Å²) in [5.74, 6) is 0.0332. The Balaban J connectivity index is 2.70. The number of fused-ring (bicyclic) bond motifs is 1. The average molecular weight is 264 g/mol. The van der Waals surface area contributed by atoms with Crippen molar-refractivity contribution in [1.29, 1.82) is 0 Å². The van der Waals surface area contributed by atoms with E-state index in [1.807, 2.05) is 13.0 Å². The standard InChI is InChI=1S/C15H18ClNO/c1-4-5-8-17-13-7-6-10(2)9-12(13)14(11(3)18)15(17)16/h6-7,9H,4-5,8H2,1-3H3. The van der Waals surface area contributed by atoms with Gasteiger partial charge >= 0.3 is 0 Å². The minimum absolute atomic E-state index is 0.0332. The predicted molar refractivity (Wildman–Crippen MR) is 76.6 cm³/mol. The van der Waals surface area contributed by atoms with Gasteiger partial charge in [0.2, 0.25) is 0 Å². The highest BCUT2D eigenvalue weighted by atomic mass is 35.5. The van der Waals surface area contributed by atoms with Crippen LogP contribution >= 0.6 is 11.6 Å². The van der Waals surface area contributed by atoms with Crippen molar-refractivity contribution in [2.24, 2.45) is 0 Å². The Labute approximate surface area is 113 Å². The fourth-order valence-electron chi connectivity index (χ4n) is 2.31. The molecule has 0 aliphatic carbocycles. The van der Waals surface area contributed by atoms with Gasteiger partial charge in [-0.1, -0.05) is 36.6 Å². The molecule has 18 heavy (non-hydrogen) atoms. The zero-order valence-electron chi connectivity index (χ0n) is 11.1. The first-order valence-electron chi connectivity index (χ1n) is 6.35. The number of hydrogen-bond donors (Lipinski definition) is 0. The molecule has 1 aromatic carbocycles. The molecule has 96 valence electrons. The minimum atomic E-state index is 0.0332. The van der Waals surface area contributed by atoms with Crippen LogP contribution in [0.25, 0.3) is 10.9 Å². The van der Waals surface area contributed by atoms with Crippen molar-refractivity contribution in [2.75, 3.05) is 0 Å². The molecule has 0 saturated carbocycles. The molecule has 2 rings (SSSR count). The van der Waals surface area contributed by atoms with Crippen LogP contribution in [0.5, 0.6) is 0 Å². The van der Waals surface area contributed by atoms with Gasteiger partial charge in [-0.15, -0.1) is 0 Å². The molecule has 0 amide bonds. The molecule has 0 unspecified atom stereocenters. The first-order chi connectivity index (χ1) is 8.56. The van der Waals surface area contributed by atoms with Crippen LogP contribution in [0.1, 0.15) is 42.6 Å². The van der Waals surface area contributed by atoms with E-state index >= 15 is 0 Å². The molecule has 0 N–H and O–H groups in total. The second-order valence-electron chi connectivity index (χ2n) is 4.75. The molecule has 0 bridgehead atoms. The number of carbonyl (C=O) groups excluding carboxylic acids is 1. The monoisotopic (exact) mass is 263 g/mol. The summed E-state index contributed by atoms with van der Waals surface area (Å²) in [6.07, 6.45) is 2.17. The normalized spacial score (nSPS) is 11.1. The average Bonchev–Trinajstić information content (AvgIpc) is 2.58. The first-order valence-corrected chi connectivity index (χ1v) is 6.73. The molecule has 0 fully saturated rings. The lowest BCUT2D eigenvalue weighted by Gasteiger charge is -2.05. The van der Waals surface area contributed by atoms with E-state index in [0.717, 1.165) is 35.9 Å². The van der Waals surface area contributed by atoms with Crippen LogP contribution in [-0.2, 0) is 6.54 Å². The smallest absolute Gasteiger partial charge is 0.163 e. The Morgan fingerprint density at radius 3 is 2.72 bits per heavy atom. The molecular formula is C15H18ClNO.